The Labute approximate surface area is 189 Å². The van der Waals surface area contributed by atoms with Crippen molar-refractivity contribution in [2.75, 3.05) is 33.2 Å². The van der Waals surface area contributed by atoms with Gasteiger partial charge >= 0.3 is 0 Å². The highest BCUT2D eigenvalue weighted by molar-refractivity contribution is 4.63. The predicted molar refractivity (Wildman–Crippen MR) is 132 cm³/mol. The Balaban J connectivity index is 3.30. The van der Waals surface area contributed by atoms with Gasteiger partial charge in [-0.05, 0) is 39.4 Å². The molecule has 0 fully saturated rings. The molecule has 0 aromatic rings. The average Bonchev–Trinajstić information content (AvgIpc) is 2.73. The summed E-state index contributed by atoms with van der Waals surface area (Å²) in [6, 6.07) is 0. The normalized spacial score (nSPS) is 13.8. The number of unbranched alkanes of at least 4 members (excludes halogenated alkanes) is 13. The molecule has 0 aliphatic heterocycles. The number of hydrogen-bond acceptors (Lipinski definition) is 4. The first-order valence-corrected chi connectivity index (χ1v) is 13.4. The molecule has 0 spiro atoms. The quantitative estimate of drug-likeness (QED) is 0.167. The molecule has 0 aliphatic rings. The average molecular weight is 429 g/mol. The lowest BCUT2D eigenvalue weighted by Crippen LogP contribution is -2.32. The van der Waals surface area contributed by atoms with Gasteiger partial charge in [0.25, 0.3) is 0 Å². The van der Waals surface area contributed by atoms with Crippen molar-refractivity contribution in [1.29, 1.82) is 0 Å². The molecule has 0 amide bonds. The molecular weight excluding hydrogens is 372 g/mol. The Kier molecular flexibility index (Phi) is 23.4. The van der Waals surface area contributed by atoms with E-state index >= 15 is 0 Å². The third-order valence-corrected chi connectivity index (χ3v) is 6.16. The molecule has 3 N–H and O–H groups in total. The summed E-state index contributed by atoms with van der Waals surface area (Å²) in [4.78, 5) is 2.23. The topological polar surface area (TPSA) is 55.7 Å². The molecule has 2 atom stereocenters. The van der Waals surface area contributed by atoms with E-state index in [0.717, 1.165) is 45.3 Å². The first kappa shape index (κ1) is 29.8. The van der Waals surface area contributed by atoms with E-state index in [-0.39, 0.29) is 12.2 Å². The Morgan fingerprint density at radius 3 is 1.67 bits per heavy atom. The Morgan fingerprint density at radius 1 is 0.667 bits per heavy atom. The van der Waals surface area contributed by atoms with Crippen LogP contribution in [-0.4, -0.2) is 60.5 Å². The Hall–Kier alpha value is -0.160. The highest BCUT2D eigenvalue weighted by Crippen LogP contribution is 2.14. The molecule has 0 saturated carbocycles. The Morgan fingerprint density at radius 2 is 1.17 bits per heavy atom. The predicted octanol–water partition coefficient (Wildman–Crippen LogP) is 5.90. The minimum Gasteiger partial charge on any atom is -0.392 e. The van der Waals surface area contributed by atoms with Crippen molar-refractivity contribution in [2.45, 2.75) is 135 Å². The van der Waals surface area contributed by atoms with Crippen molar-refractivity contribution in [3.05, 3.63) is 0 Å². The van der Waals surface area contributed by atoms with Crippen molar-refractivity contribution >= 4 is 0 Å². The summed E-state index contributed by atoms with van der Waals surface area (Å²) < 4.78 is 0. The fourth-order valence-electron chi connectivity index (χ4n) is 4.00. The molecule has 182 valence electrons. The Bertz CT molecular complexity index is 328. The monoisotopic (exact) mass is 428 g/mol. The SMILES string of the molecule is CCCCCCCCCCCCCCCCC(O)CN(C)CCCNCC(O)CC. The summed E-state index contributed by atoms with van der Waals surface area (Å²) >= 11 is 0. The minimum atomic E-state index is -0.227. The summed E-state index contributed by atoms with van der Waals surface area (Å²) in [7, 11) is 2.09. The fourth-order valence-corrected chi connectivity index (χ4v) is 4.00. The van der Waals surface area contributed by atoms with E-state index in [1.165, 1.54) is 83.5 Å². The van der Waals surface area contributed by atoms with Crippen LogP contribution in [0.1, 0.15) is 123 Å². The summed E-state index contributed by atoms with van der Waals surface area (Å²) in [6.45, 7) is 7.66. The van der Waals surface area contributed by atoms with Crippen LogP contribution in [0.25, 0.3) is 0 Å². The molecule has 0 aromatic carbocycles. The van der Waals surface area contributed by atoms with Gasteiger partial charge in [-0.15, -0.1) is 0 Å². The van der Waals surface area contributed by atoms with Crippen LogP contribution in [0.5, 0.6) is 0 Å². The zero-order chi connectivity index (χ0) is 22.3. The number of hydrogen-bond donors (Lipinski definition) is 3. The van der Waals surface area contributed by atoms with Crippen molar-refractivity contribution < 1.29 is 10.2 Å². The molecule has 30 heavy (non-hydrogen) atoms. The van der Waals surface area contributed by atoms with Gasteiger partial charge in [0.15, 0.2) is 0 Å². The van der Waals surface area contributed by atoms with Crippen molar-refractivity contribution in [1.82, 2.24) is 10.2 Å². The van der Waals surface area contributed by atoms with Crippen LogP contribution in [0.3, 0.4) is 0 Å². The molecular formula is C26H56N2O2. The number of nitrogens with zero attached hydrogens (tertiary/aromatic N) is 1. The van der Waals surface area contributed by atoms with Gasteiger partial charge < -0.3 is 20.4 Å². The zero-order valence-corrected chi connectivity index (χ0v) is 20.8. The third kappa shape index (κ3) is 22.5. The molecule has 0 aromatic heterocycles. The van der Waals surface area contributed by atoms with Crippen LogP contribution in [0.15, 0.2) is 0 Å². The van der Waals surface area contributed by atoms with Gasteiger partial charge in [-0.1, -0.05) is 104 Å². The lowest BCUT2D eigenvalue weighted by Gasteiger charge is -2.20. The smallest absolute Gasteiger partial charge is 0.0667 e. The molecule has 0 bridgehead atoms. The van der Waals surface area contributed by atoms with Gasteiger partial charge in [-0.2, -0.15) is 0 Å². The molecule has 0 saturated heterocycles. The van der Waals surface area contributed by atoms with Gasteiger partial charge in [0, 0.05) is 13.1 Å². The molecule has 0 aliphatic carbocycles. The van der Waals surface area contributed by atoms with E-state index in [4.69, 9.17) is 0 Å². The number of nitrogens with one attached hydrogen (secondary N) is 1. The summed E-state index contributed by atoms with van der Waals surface area (Å²) in [6.07, 6.45) is 21.7. The van der Waals surface area contributed by atoms with E-state index in [9.17, 15) is 10.2 Å². The second kappa shape index (κ2) is 23.5. The van der Waals surface area contributed by atoms with Crippen LogP contribution in [0, 0.1) is 0 Å². The summed E-state index contributed by atoms with van der Waals surface area (Å²) in [5.74, 6) is 0. The maximum absolute atomic E-state index is 10.2. The van der Waals surface area contributed by atoms with Gasteiger partial charge in [0.2, 0.25) is 0 Å². The lowest BCUT2D eigenvalue weighted by atomic mass is 10.0. The largest absolute Gasteiger partial charge is 0.392 e. The highest BCUT2D eigenvalue weighted by atomic mass is 16.3. The van der Waals surface area contributed by atoms with Crippen LogP contribution >= 0.6 is 0 Å². The first-order chi connectivity index (χ1) is 14.6. The second-order valence-electron chi connectivity index (χ2n) is 9.42. The zero-order valence-electron chi connectivity index (χ0n) is 20.8. The minimum absolute atomic E-state index is 0.192. The van der Waals surface area contributed by atoms with Gasteiger partial charge in [-0.3, -0.25) is 0 Å². The van der Waals surface area contributed by atoms with Crippen LogP contribution < -0.4 is 5.32 Å². The highest BCUT2D eigenvalue weighted by Gasteiger charge is 2.08. The van der Waals surface area contributed by atoms with E-state index in [1.807, 2.05) is 6.92 Å². The molecule has 4 nitrogen and oxygen atoms in total. The molecule has 0 heterocycles. The number of aliphatic hydroxyl groups is 2. The molecule has 0 rings (SSSR count). The molecule has 4 heteroatoms. The third-order valence-electron chi connectivity index (χ3n) is 6.16. The maximum Gasteiger partial charge on any atom is 0.0667 e. The maximum atomic E-state index is 10.2. The standard InChI is InChI=1S/C26H56N2O2/c1-4-6-7-8-9-10-11-12-13-14-15-16-17-18-20-26(30)24-28(3)22-19-21-27-23-25(29)5-2/h25-27,29-30H,4-24H2,1-3H3. The molecule has 2 unspecified atom stereocenters. The van der Waals surface area contributed by atoms with E-state index in [1.54, 1.807) is 0 Å². The number of aliphatic hydroxyl groups excluding tert-OH is 2. The summed E-state index contributed by atoms with van der Waals surface area (Å²) in [5.41, 5.74) is 0. The van der Waals surface area contributed by atoms with Crippen molar-refractivity contribution in [3.63, 3.8) is 0 Å². The van der Waals surface area contributed by atoms with Gasteiger partial charge in [-0.25, -0.2) is 0 Å². The summed E-state index contributed by atoms with van der Waals surface area (Å²) in [5, 5.41) is 23.0. The number of likely N-dealkylation sites (N-methyl/N-ethyl adjacent to an activating group) is 1. The van der Waals surface area contributed by atoms with E-state index in [2.05, 4.69) is 24.2 Å². The van der Waals surface area contributed by atoms with Gasteiger partial charge in [0.05, 0.1) is 12.2 Å². The fraction of sp³-hybridized carbons (Fsp3) is 1.00. The second-order valence-corrected chi connectivity index (χ2v) is 9.42. The van der Waals surface area contributed by atoms with Crippen LogP contribution in [0.4, 0.5) is 0 Å². The number of rotatable bonds is 24. The molecule has 0 radical (unpaired) electrons. The van der Waals surface area contributed by atoms with Crippen molar-refractivity contribution in [3.8, 4) is 0 Å². The van der Waals surface area contributed by atoms with E-state index in [0.29, 0.717) is 6.54 Å². The van der Waals surface area contributed by atoms with Crippen LogP contribution in [-0.2, 0) is 0 Å². The van der Waals surface area contributed by atoms with Gasteiger partial charge in [0.1, 0.15) is 0 Å². The van der Waals surface area contributed by atoms with Crippen LogP contribution in [0.2, 0.25) is 0 Å². The van der Waals surface area contributed by atoms with E-state index < -0.39 is 0 Å². The lowest BCUT2D eigenvalue weighted by molar-refractivity contribution is 0.114. The van der Waals surface area contributed by atoms with Crippen molar-refractivity contribution in [2.24, 2.45) is 0 Å². The first-order valence-electron chi connectivity index (χ1n) is 13.4.